The van der Waals surface area contributed by atoms with Crippen LogP contribution in [0, 0.1) is 0 Å². The summed E-state index contributed by atoms with van der Waals surface area (Å²) in [5, 5.41) is 2.72. The van der Waals surface area contributed by atoms with Crippen molar-refractivity contribution in [3.05, 3.63) is 12.5 Å². The van der Waals surface area contributed by atoms with Crippen molar-refractivity contribution in [2.24, 2.45) is 0 Å². The maximum atomic E-state index is 11.9. The van der Waals surface area contributed by atoms with E-state index >= 15 is 0 Å². The van der Waals surface area contributed by atoms with Crippen LogP contribution in [0.15, 0.2) is 17.6 Å². The molecule has 1 aliphatic rings. The van der Waals surface area contributed by atoms with E-state index in [1.165, 1.54) is 19.6 Å². The molecule has 1 aliphatic carbocycles. The van der Waals surface area contributed by atoms with Gasteiger partial charge >= 0.3 is 0 Å². The molecule has 1 aromatic heterocycles. The van der Waals surface area contributed by atoms with Crippen molar-refractivity contribution in [2.75, 3.05) is 13.6 Å². The Balaban J connectivity index is 1.99. The first kappa shape index (κ1) is 12.1. The second-order valence-corrected chi connectivity index (χ2v) is 6.03. The molecule has 0 saturated heterocycles. The van der Waals surface area contributed by atoms with Gasteiger partial charge in [-0.25, -0.2) is 13.4 Å². The molecule has 7 nitrogen and oxygen atoms in total. The highest BCUT2D eigenvalue weighted by Crippen LogP contribution is 2.18. The quantitative estimate of drug-likeness (QED) is 0.730. The number of sulfonamides is 1. The zero-order valence-electron chi connectivity index (χ0n) is 9.38. The number of imidazole rings is 1. The lowest BCUT2D eigenvalue weighted by atomic mass is 10.5. The molecule has 1 fully saturated rings. The maximum absolute atomic E-state index is 11.9. The fraction of sp³-hybridized carbons (Fsp3) is 0.556. The van der Waals surface area contributed by atoms with Gasteiger partial charge in [0.05, 0.1) is 19.1 Å². The summed E-state index contributed by atoms with van der Waals surface area (Å²) >= 11 is 0. The predicted molar refractivity (Wildman–Crippen MR) is 59.6 cm³/mol. The van der Waals surface area contributed by atoms with Crippen molar-refractivity contribution >= 4 is 15.9 Å². The zero-order valence-corrected chi connectivity index (χ0v) is 10.2. The van der Waals surface area contributed by atoms with E-state index in [-0.39, 0.29) is 23.5 Å². The van der Waals surface area contributed by atoms with Gasteiger partial charge in [-0.1, -0.05) is 0 Å². The fourth-order valence-electron chi connectivity index (χ4n) is 1.34. The van der Waals surface area contributed by atoms with E-state index < -0.39 is 10.0 Å². The van der Waals surface area contributed by atoms with Crippen LogP contribution >= 0.6 is 0 Å². The van der Waals surface area contributed by atoms with Gasteiger partial charge in [-0.15, -0.1) is 0 Å². The van der Waals surface area contributed by atoms with Gasteiger partial charge in [-0.05, 0) is 12.8 Å². The number of H-pyrrole nitrogens is 1. The number of carbonyl (C=O) groups is 1. The number of carbonyl (C=O) groups excluding carboxylic acids is 1. The third kappa shape index (κ3) is 2.83. The van der Waals surface area contributed by atoms with E-state index in [4.69, 9.17) is 0 Å². The molecule has 0 radical (unpaired) electrons. The third-order valence-corrected chi connectivity index (χ3v) is 4.20. The van der Waals surface area contributed by atoms with Gasteiger partial charge in [-0.3, -0.25) is 4.79 Å². The predicted octanol–water partition coefficient (Wildman–Crippen LogP) is -0.691. The molecule has 1 amide bonds. The van der Waals surface area contributed by atoms with Gasteiger partial charge in [0.2, 0.25) is 5.91 Å². The third-order valence-electron chi connectivity index (χ3n) is 2.47. The summed E-state index contributed by atoms with van der Waals surface area (Å²) < 4.78 is 24.8. The Kier molecular flexibility index (Phi) is 3.16. The monoisotopic (exact) mass is 258 g/mol. The minimum absolute atomic E-state index is 0.0146. The molecule has 0 aliphatic heterocycles. The number of nitrogens with zero attached hydrogens (tertiary/aromatic N) is 2. The van der Waals surface area contributed by atoms with Crippen molar-refractivity contribution < 1.29 is 13.2 Å². The number of aromatic nitrogens is 2. The Bertz CT molecular complexity index is 492. The van der Waals surface area contributed by atoms with Crippen LogP contribution in [0.25, 0.3) is 0 Å². The van der Waals surface area contributed by atoms with Crippen molar-refractivity contribution in [3.63, 3.8) is 0 Å². The van der Waals surface area contributed by atoms with Crippen LogP contribution in [0.5, 0.6) is 0 Å². The summed E-state index contributed by atoms with van der Waals surface area (Å²) in [4.78, 5) is 17.6. The molecule has 0 unspecified atom stereocenters. The Morgan fingerprint density at radius 2 is 2.35 bits per heavy atom. The molecule has 94 valence electrons. The topological polar surface area (TPSA) is 95.2 Å². The van der Waals surface area contributed by atoms with Crippen LogP contribution in [-0.4, -0.2) is 48.2 Å². The van der Waals surface area contributed by atoms with Crippen LogP contribution in [0.2, 0.25) is 0 Å². The second-order valence-electron chi connectivity index (χ2n) is 4.02. The fourth-order valence-corrected chi connectivity index (χ4v) is 2.36. The standard InChI is InChI=1S/C9H14N4O3S/c1-13(5-8(14)12-7-2-3-7)17(15,16)9-4-10-6-11-9/h4,6-7H,2-3,5H2,1H3,(H,10,11)(H,12,14). The van der Waals surface area contributed by atoms with E-state index in [9.17, 15) is 13.2 Å². The summed E-state index contributed by atoms with van der Waals surface area (Å²) in [6, 6.07) is 0.228. The normalized spacial score (nSPS) is 16.1. The lowest BCUT2D eigenvalue weighted by Crippen LogP contribution is -2.39. The van der Waals surface area contributed by atoms with Gasteiger partial charge in [0.25, 0.3) is 10.0 Å². The lowest BCUT2D eigenvalue weighted by Gasteiger charge is -2.15. The SMILES string of the molecule is CN(CC(=O)NC1CC1)S(=O)(=O)c1cnc[nH]1. The largest absolute Gasteiger partial charge is 0.352 e. The molecular formula is C9H14N4O3S. The minimum atomic E-state index is -3.65. The highest BCUT2D eigenvalue weighted by Gasteiger charge is 2.27. The average molecular weight is 258 g/mol. The number of hydrogen-bond acceptors (Lipinski definition) is 4. The minimum Gasteiger partial charge on any atom is -0.352 e. The molecule has 1 aromatic rings. The molecule has 2 N–H and O–H groups in total. The molecule has 0 atom stereocenters. The number of likely N-dealkylation sites (N-methyl/N-ethyl adjacent to an activating group) is 1. The average Bonchev–Trinajstić information content (AvgIpc) is 2.89. The van der Waals surface area contributed by atoms with Gasteiger partial charge in [-0.2, -0.15) is 4.31 Å². The van der Waals surface area contributed by atoms with Crippen LogP contribution in [0.1, 0.15) is 12.8 Å². The summed E-state index contributed by atoms with van der Waals surface area (Å²) in [5.74, 6) is -0.280. The van der Waals surface area contributed by atoms with Crippen LogP contribution in [-0.2, 0) is 14.8 Å². The van der Waals surface area contributed by atoms with Crippen molar-refractivity contribution in [1.82, 2.24) is 19.6 Å². The van der Waals surface area contributed by atoms with E-state index in [0.717, 1.165) is 17.1 Å². The smallest absolute Gasteiger partial charge is 0.260 e. The lowest BCUT2D eigenvalue weighted by molar-refractivity contribution is -0.121. The summed E-state index contributed by atoms with van der Waals surface area (Å²) in [6.45, 7) is -0.183. The molecule has 17 heavy (non-hydrogen) atoms. The highest BCUT2D eigenvalue weighted by molar-refractivity contribution is 7.89. The van der Waals surface area contributed by atoms with E-state index in [1.807, 2.05) is 0 Å². The van der Waals surface area contributed by atoms with Gasteiger partial charge in [0.15, 0.2) is 5.03 Å². The summed E-state index contributed by atoms with van der Waals surface area (Å²) in [5.41, 5.74) is 0. The zero-order chi connectivity index (χ0) is 12.5. The van der Waals surface area contributed by atoms with Crippen LogP contribution in [0.3, 0.4) is 0 Å². The molecule has 1 saturated carbocycles. The molecule has 0 spiro atoms. The number of hydrogen-bond donors (Lipinski definition) is 2. The molecule has 0 bridgehead atoms. The first-order valence-corrected chi connectivity index (χ1v) is 6.68. The second kappa shape index (κ2) is 4.46. The Labute approximate surface area is 99.3 Å². The van der Waals surface area contributed by atoms with E-state index in [1.54, 1.807) is 0 Å². The van der Waals surface area contributed by atoms with Crippen molar-refractivity contribution in [2.45, 2.75) is 23.9 Å². The highest BCUT2D eigenvalue weighted by atomic mass is 32.2. The van der Waals surface area contributed by atoms with Gasteiger partial charge < -0.3 is 10.3 Å². The number of amides is 1. The molecule has 1 heterocycles. The van der Waals surface area contributed by atoms with Gasteiger partial charge in [0.1, 0.15) is 0 Å². The first-order valence-electron chi connectivity index (χ1n) is 5.24. The summed E-state index contributed by atoms with van der Waals surface area (Å²) in [6.07, 6.45) is 4.45. The van der Waals surface area contributed by atoms with Crippen molar-refractivity contribution in [1.29, 1.82) is 0 Å². The van der Waals surface area contributed by atoms with Gasteiger partial charge in [0, 0.05) is 13.1 Å². The first-order chi connectivity index (χ1) is 8.00. The van der Waals surface area contributed by atoms with E-state index in [0.29, 0.717) is 0 Å². The molecule has 2 rings (SSSR count). The molecule has 0 aromatic carbocycles. The summed E-state index contributed by atoms with van der Waals surface area (Å²) in [7, 11) is -2.29. The number of nitrogens with one attached hydrogen (secondary N) is 2. The Hall–Kier alpha value is -1.41. The Morgan fingerprint density at radius 3 is 2.88 bits per heavy atom. The van der Waals surface area contributed by atoms with E-state index in [2.05, 4.69) is 15.3 Å². The number of aromatic amines is 1. The van der Waals surface area contributed by atoms with Crippen molar-refractivity contribution in [3.8, 4) is 0 Å². The van der Waals surface area contributed by atoms with Crippen LogP contribution in [0.4, 0.5) is 0 Å². The van der Waals surface area contributed by atoms with Crippen LogP contribution < -0.4 is 5.32 Å². The maximum Gasteiger partial charge on any atom is 0.260 e. The Morgan fingerprint density at radius 1 is 1.65 bits per heavy atom. The number of rotatable bonds is 5. The molecule has 8 heteroatoms. The molecular weight excluding hydrogens is 244 g/mol.